The number of hydrogen-bond donors (Lipinski definition) is 5. The highest BCUT2D eigenvalue weighted by Crippen LogP contribution is 2.45. The zero-order chi connectivity index (χ0) is 17.9. The second-order valence-electron chi connectivity index (χ2n) is 4.51. The molecule has 0 bridgehead atoms. The van der Waals surface area contributed by atoms with Crippen LogP contribution >= 0.6 is 0 Å². The molecule has 9 heteroatoms. The van der Waals surface area contributed by atoms with E-state index < -0.39 is 18.0 Å². The van der Waals surface area contributed by atoms with Crippen molar-refractivity contribution in [2.24, 2.45) is 0 Å². The molecule has 2 rings (SSSR count). The quantitative estimate of drug-likeness (QED) is 0.492. The average molecular weight is 340 g/mol. The molecule has 0 unspecified atom stereocenters. The highest BCUT2D eigenvalue weighted by atomic mass is 16.7. The summed E-state index contributed by atoms with van der Waals surface area (Å²) in [7, 11) is 2.67. The van der Waals surface area contributed by atoms with E-state index in [1.54, 1.807) is 0 Å². The minimum absolute atomic E-state index is 0.0617. The Morgan fingerprint density at radius 2 is 1.29 bits per heavy atom. The second kappa shape index (κ2) is 7.02. The average Bonchev–Trinajstić information content (AvgIpc) is 2.51. The van der Waals surface area contributed by atoms with E-state index in [-0.39, 0.29) is 34.5 Å². The zero-order valence-electron chi connectivity index (χ0n) is 12.8. The maximum absolute atomic E-state index is 9.91. The number of phenolic OH excluding ortho intramolecular Hbond substituents is 3. The molecule has 0 atom stereocenters. The predicted octanol–water partition coefficient (Wildman–Crippen LogP) is 1.26. The number of rotatable bonds is 6. The van der Waals surface area contributed by atoms with Crippen molar-refractivity contribution in [1.82, 2.24) is 0 Å². The van der Waals surface area contributed by atoms with Gasteiger partial charge in [-0.3, -0.25) is 0 Å². The lowest BCUT2D eigenvalue weighted by Gasteiger charge is -2.15. The van der Waals surface area contributed by atoms with Crippen LogP contribution in [0.25, 0.3) is 0 Å². The van der Waals surface area contributed by atoms with Crippen LogP contribution in [0.15, 0.2) is 24.3 Å². The van der Waals surface area contributed by atoms with Crippen molar-refractivity contribution in [3.8, 4) is 46.0 Å². The molecule has 2 aromatic rings. The molecule has 9 nitrogen and oxygen atoms in total. The summed E-state index contributed by atoms with van der Waals surface area (Å²) in [6, 6.07) is 4.67. The van der Waals surface area contributed by atoms with Crippen LogP contribution in [0.3, 0.4) is 0 Å². The Labute approximate surface area is 136 Å². The van der Waals surface area contributed by atoms with E-state index >= 15 is 0 Å². The molecule has 0 fully saturated rings. The minimum Gasteiger partial charge on any atom is -0.504 e. The summed E-state index contributed by atoms with van der Waals surface area (Å²) < 4.78 is 19.9. The minimum atomic E-state index is -2.11. The van der Waals surface area contributed by atoms with Gasteiger partial charge in [0.15, 0.2) is 23.0 Å². The first-order chi connectivity index (χ1) is 11.3. The number of aliphatic hydroxyl groups excluding tert-OH is 1. The molecule has 5 N–H and O–H groups in total. The van der Waals surface area contributed by atoms with Gasteiger partial charge in [-0.1, -0.05) is 0 Å². The molecule has 0 radical (unpaired) electrons. The van der Waals surface area contributed by atoms with Gasteiger partial charge in [0, 0.05) is 24.3 Å². The van der Waals surface area contributed by atoms with Gasteiger partial charge in [0.2, 0.25) is 11.5 Å². The molecule has 0 amide bonds. The molecule has 2 aromatic carbocycles. The van der Waals surface area contributed by atoms with Gasteiger partial charge in [-0.2, -0.15) is 0 Å². The Balaban J connectivity index is 2.38. The van der Waals surface area contributed by atoms with Crippen molar-refractivity contribution in [1.29, 1.82) is 0 Å². The van der Waals surface area contributed by atoms with E-state index in [1.165, 1.54) is 26.4 Å². The Kier molecular flexibility index (Phi) is 5.07. The normalized spacial score (nSPS) is 10.5. The first-order valence-corrected chi connectivity index (χ1v) is 6.57. The number of aromatic hydroxyl groups is 3. The highest BCUT2D eigenvalue weighted by molar-refractivity contribution is 5.59. The van der Waals surface area contributed by atoms with E-state index in [9.17, 15) is 15.3 Å². The fourth-order valence-electron chi connectivity index (χ4n) is 1.91. The molecule has 0 aromatic heterocycles. The first kappa shape index (κ1) is 17.3. The first-order valence-electron chi connectivity index (χ1n) is 6.57. The van der Waals surface area contributed by atoms with E-state index in [0.717, 1.165) is 12.1 Å². The smallest absolute Gasteiger partial charge is 0.310 e. The molecule has 0 aliphatic carbocycles. The third-order valence-corrected chi connectivity index (χ3v) is 2.94. The Morgan fingerprint density at radius 3 is 1.71 bits per heavy atom. The maximum Gasteiger partial charge on any atom is 0.310 e. The predicted molar refractivity (Wildman–Crippen MR) is 79.9 cm³/mol. The van der Waals surface area contributed by atoms with Crippen molar-refractivity contribution >= 4 is 0 Å². The van der Waals surface area contributed by atoms with E-state index in [4.69, 9.17) is 24.4 Å². The lowest BCUT2D eigenvalue weighted by molar-refractivity contribution is -0.179. The number of ether oxygens (including phenoxy) is 4. The van der Waals surface area contributed by atoms with Crippen LogP contribution in [0.2, 0.25) is 0 Å². The monoisotopic (exact) mass is 340 g/mol. The Bertz CT molecular complexity index is 679. The number of phenols is 3. The summed E-state index contributed by atoms with van der Waals surface area (Å²) in [5, 5.41) is 47.1. The topological polar surface area (TPSA) is 138 Å². The number of aliphatic hydroxyl groups is 2. The van der Waals surface area contributed by atoms with Gasteiger partial charge in [0.1, 0.15) is 11.5 Å². The summed E-state index contributed by atoms with van der Waals surface area (Å²) in [4.78, 5) is 0. The van der Waals surface area contributed by atoms with Crippen LogP contribution < -0.4 is 18.9 Å². The van der Waals surface area contributed by atoms with Gasteiger partial charge < -0.3 is 44.5 Å². The summed E-state index contributed by atoms with van der Waals surface area (Å²) in [5.41, 5.74) is 0. The molecule has 130 valence electrons. The van der Waals surface area contributed by atoms with Gasteiger partial charge in [0.25, 0.3) is 0 Å². The molecule has 24 heavy (non-hydrogen) atoms. The lowest BCUT2D eigenvalue weighted by Crippen LogP contribution is -2.13. The van der Waals surface area contributed by atoms with E-state index in [2.05, 4.69) is 4.74 Å². The largest absolute Gasteiger partial charge is 0.504 e. The maximum atomic E-state index is 9.91. The molecule has 0 saturated heterocycles. The number of hydrogen-bond acceptors (Lipinski definition) is 9. The summed E-state index contributed by atoms with van der Waals surface area (Å²) in [6.45, 7) is -2.11. The molecule has 0 heterocycles. The summed E-state index contributed by atoms with van der Waals surface area (Å²) >= 11 is 0. The van der Waals surface area contributed by atoms with Gasteiger partial charge in [-0.05, 0) is 0 Å². The number of benzene rings is 2. The van der Waals surface area contributed by atoms with Crippen LogP contribution in [-0.2, 0) is 0 Å². The van der Waals surface area contributed by atoms with Crippen molar-refractivity contribution in [3.63, 3.8) is 0 Å². The molecular weight excluding hydrogens is 324 g/mol. The fourth-order valence-corrected chi connectivity index (χ4v) is 1.91. The van der Waals surface area contributed by atoms with Gasteiger partial charge >= 0.3 is 6.48 Å². The third-order valence-electron chi connectivity index (χ3n) is 2.94. The van der Waals surface area contributed by atoms with Gasteiger partial charge in [0.05, 0.1) is 14.2 Å². The van der Waals surface area contributed by atoms with Crippen LogP contribution in [0.5, 0.6) is 46.0 Å². The second-order valence-corrected chi connectivity index (χ2v) is 4.51. The Morgan fingerprint density at radius 1 is 0.792 bits per heavy atom. The molecule has 0 aliphatic heterocycles. The van der Waals surface area contributed by atoms with Crippen LogP contribution in [-0.4, -0.2) is 46.2 Å². The standard InChI is InChI=1S/C15H16O9/c1-21-11-5-8(6-12(22-2)13(11)18)23-14-9(16)3-7(4-10(14)17)24-15(19)20/h3-6,15-20H,1-2H3. The molecule has 0 aliphatic rings. The van der Waals surface area contributed by atoms with Crippen molar-refractivity contribution in [2.75, 3.05) is 14.2 Å². The summed E-state index contributed by atoms with van der Waals surface area (Å²) in [6.07, 6.45) is 0. The van der Waals surface area contributed by atoms with E-state index in [0.29, 0.717) is 0 Å². The van der Waals surface area contributed by atoms with Crippen molar-refractivity contribution in [2.45, 2.75) is 6.48 Å². The van der Waals surface area contributed by atoms with Gasteiger partial charge in [-0.25, -0.2) is 0 Å². The third kappa shape index (κ3) is 3.65. The van der Waals surface area contributed by atoms with Crippen molar-refractivity contribution < 1.29 is 44.5 Å². The number of methoxy groups -OCH3 is 2. The zero-order valence-corrected chi connectivity index (χ0v) is 12.8. The van der Waals surface area contributed by atoms with Crippen molar-refractivity contribution in [3.05, 3.63) is 24.3 Å². The SMILES string of the molecule is COc1cc(Oc2c(O)cc(OC(O)O)cc2O)cc(OC)c1O. The van der Waals surface area contributed by atoms with Crippen LogP contribution in [0.4, 0.5) is 0 Å². The molecule has 0 spiro atoms. The van der Waals surface area contributed by atoms with Gasteiger partial charge in [-0.15, -0.1) is 0 Å². The summed E-state index contributed by atoms with van der Waals surface area (Å²) in [5.74, 6) is -1.55. The molecule has 0 saturated carbocycles. The van der Waals surface area contributed by atoms with E-state index in [1.807, 2.05) is 0 Å². The molecular formula is C15H16O9. The lowest BCUT2D eigenvalue weighted by atomic mass is 10.2. The van der Waals surface area contributed by atoms with Crippen LogP contribution in [0, 0.1) is 0 Å². The Hall–Kier alpha value is -3.04. The van der Waals surface area contributed by atoms with Crippen LogP contribution in [0.1, 0.15) is 0 Å². The fraction of sp³-hybridized carbons (Fsp3) is 0.200. The highest BCUT2D eigenvalue weighted by Gasteiger charge is 2.17.